The summed E-state index contributed by atoms with van der Waals surface area (Å²) in [7, 11) is 0. The van der Waals surface area contributed by atoms with Crippen molar-refractivity contribution in [3.8, 4) is 0 Å². The Morgan fingerprint density at radius 1 is 1.10 bits per heavy atom. The molecule has 0 aliphatic carbocycles. The topological polar surface area (TPSA) is 0 Å². The number of quaternary nitrogens is 1. The fraction of sp³-hybridized carbons (Fsp3) is 0. The molecule has 0 saturated heterocycles. The highest BCUT2D eigenvalue weighted by molar-refractivity contribution is 7.52. The summed E-state index contributed by atoms with van der Waals surface area (Å²) in [5, 5.41) is 0. The molecule has 10 heavy (non-hydrogen) atoms. The van der Waals surface area contributed by atoms with Crippen LogP contribution in [-0.4, -0.2) is 3.89 Å². The lowest BCUT2D eigenvalue weighted by molar-refractivity contribution is -0.626. The number of fused-ring (bicyclic) bond motifs is 1. The zero-order valence-electron chi connectivity index (χ0n) is 5.40. The second-order valence-electron chi connectivity index (χ2n) is 2.34. The van der Waals surface area contributed by atoms with Gasteiger partial charge in [-0.15, -0.1) is 0 Å². The molecule has 0 N–H and O–H groups in total. The molecule has 0 spiro atoms. The minimum atomic E-state index is 0.413. The molecule has 1 unspecified atom stereocenters. The molecule has 0 fully saturated rings. The normalized spacial score (nSPS) is 34.3. The van der Waals surface area contributed by atoms with Crippen LogP contribution in [0.2, 0.25) is 0 Å². The second-order valence-corrected chi connectivity index (χ2v) is 2.95. The van der Waals surface area contributed by atoms with Crippen molar-refractivity contribution in [1.29, 1.82) is 0 Å². The molecule has 2 aliphatic heterocycles. The van der Waals surface area contributed by atoms with Crippen molar-refractivity contribution in [3.63, 3.8) is 0 Å². The maximum absolute atomic E-state index is 5.28. The highest BCUT2D eigenvalue weighted by Gasteiger charge is 2.18. The Balaban J connectivity index is 2.51. The van der Waals surface area contributed by atoms with Gasteiger partial charge in [0.1, 0.15) is 5.70 Å². The van der Waals surface area contributed by atoms with Gasteiger partial charge in [0.15, 0.2) is 0 Å². The Morgan fingerprint density at radius 2 is 1.90 bits per heavy atom. The molecule has 0 aromatic rings. The van der Waals surface area contributed by atoms with E-state index in [9.17, 15) is 0 Å². The fourth-order valence-corrected chi connectivity index (χ4v) is 1.37. The lowest BCUT2D eigenvalue weighted by Crippen LogP contribution is -2.26. The fourth-order valence-electron chi connectivity index (χ4n) is 1.11. The number of hydrogen-bond acceptors (Lipinski definition) is 1. The SMILES string of the molecule is [S-][N+]12C=CC=CC1=CC=C2. The van der Waals surface area contributed by atoms with E-state index in [1.165, 1.54) is 0 Å². The molecule has 2 heteroatoms. The van der Waals surface area contributed by atoms with Crippen molar-refractivity contribution in [2.75, 3.05) is 0 Å². The lowest BCUT2D eigenvalue weighted by Gasteiger charge is -2.35. The van der Waals surface area contributed by atoms with Crippen LogP contribution in [0.15, 0.2) is 48.5 Å². The Kier molecular flexibility index (Phi) is 1.13. The molecule has 0 radical (unpaired) electrons. The zero-order chi connectivity index (χ0) is 7.03. The van der Waals surface area contributed by atoms with Crippen LogP contribution in [0.5, 0.6) is 0 Å². The molecular formula is C8H7NS. The summed E-state index contributed by atoms with van der Waals surface area (Å²) in [6.45, 7) is 0. The van der Waals surface area contributed by atoms with Crippen LogP contribution in [0, 0.1) is 0 Å². The Hall–Kier alpha value is -0.730. The smallest absolute Gasteiger partial charge is 0.124 e. The summed E-state index contributed by atoms with van der Waals surface area (Å²) < 4.78 is 0.413. The van der Waals surface area contributed by atoms with Gasteiger partial charge in [0, 0.05) is 6.08 Å². The van der Waals surface area contributed by atoms with Gasteiger partial charge >= 0.3 is 0 Å². The number of rotatable bonds is 0. The molecule has 2 rings (SSSR count). The second kappa shape index (κ2) is 1.87. The van der Waals surface area contributed by atoms with E-state index in [0.717, 1.165) is 5.70 Å². The predicted molar refractivity (Wildman–Crippen MR) is 43.1 cm³/mol. The Labute approximate surface area is 65.8 Å². The molecule has 0 aromatic heterocycles. The summed E-state index contributed by atoms with van der Waals surface area (Å²) in [4.78, 5) is 0. The van der Waals surface area contributed by atoms with Crippen LogP contribution in [0.25, 0.3) is 0 Å². The molecule has 1 atom stereocenters. The van der Waals surface area contributed by atoms with Gasteiger partial charge in [0.05, 0.1) is 12.4 Å². The highest BCUT2D eigenvalue weighted by atomic mass is 32.1. The summed E-state index contributed by atoms with van der Waals surface area (Å²) in [5.41, 5.74) is 1.15. The summed E-state index contributed by atoms with van der Waals surface area (Å²) in [5.74, 6) is 0. The van der Waals surface area contributed by atoms with Crippen LogP contribution >= 0.6 is 0 Å². The minimum Gasteiger partial charge on any atom is -0.476 e. The van der Waals surface area contributed by atoms with E-state index in [2.05, 4.69) is 0 Å². The largest absolute Gasteiger partial charge is 0.476 e. The number of allylic oxidation sites excluding steroid dienone is 5. The monoisotopic (exact) mass is 149 g/mol. The lowest BCUT2D eigenvalue weighted by atomic mass is 10.3. The van der Waals surface area contributed by atoms with E-state index in [1.807, 2.05) is 42.8 Å². The molecule has 0 aromatic carbocycles. The van der Waals surface area contributed by atoms with Gasteiger partial charge in [-0.05, 0) is 18.2 Å². The van der Waals surface area contributed by atoms with E-state index >= 15 is 0 Å². The molecule has 1 nitrogen and oxygen atoms in total. The van der Waals surface area contributed by atoms with Gasteiger partial charge in [0.25, 0.3) is 0 Å². The number of nitrogens with zero attached hydrogens (tertiary/aromatic N) is 1. The van der Waals surface area contributed by atoms with Crippen molar-refractivity contribution in [3.05, 3.63) is 48.5 Å². The summed E-state index contributed by atoms with van der Waals surface area (Å²) in [6, 6.07) is 0. The molecular weight excluding hydrogens is 142 g/mol. The van der Waals surface area contributed by atoms with Crippen molar-refractivity contribution in [2.45, 2.75) is 0 Å². The van der Waals surface area contributed by atoms with Crippen molar-refractivity contribution in [2.24, 2.45) is 0 Å². The molecule has 0 bridgehead atoms. The standard InChI is InChI=1S/C8H7NS/c10-9-6-2-1-4-8(9)5-3-7-9/h1-7H. The van der Waals surface area contributed by atoms with E-state index in [0.29, 0.717) is 3.89 Å². The number of hydrogen-bond donors (Lipinski definition) is 0. The van der Waals surface area contributed by atoms with Crippen LogP contribution in [0.1, 0.15) is 0 Å². The molecule has 50 valence electrons. The Morgan fingerprint density at radius 3 is 2.70 bits per heavy atom. The Bertz CT molecular complexity index is 273. The van der Waals surface area contributed by atoms with Crippen molar-refractivity contribution >= 4 is 12.8 Å². The first kappa shape index (κ1) is 6.01. The summed E-state index contributed by atoms with van der Waals surface area (Å²) in [6.07, 6.45) is 14.0. The molecule has 2 aliphatic rings. The average molecular weight is 149 g/mol. The molecule has 2 heterocycles. The first-order valence-corrected chi connectivity index (χ1v) is 3.53. The van der Waals surface area contributed by atoms with Crippen molar-refractivity contribution < 1.29 is 3.89 Å². The maximum atomic E-state index is 5.28. The first-order valence-electron chi connectivity index (χ1n) is 3.17. The van der Waals surface area contributed by atoms with Crippen LogP contribution < -0.4 is 0 Å². The quantitative estimate of drug-likeness (QED) is 0.373. The van der Waals surface area contributed by atoms with E-state index in [4.69, 9.17) is 12.8 Å². The van der Waals surface area contributed by atoms with E-state index < -0.39 is 0 Å². The average Bonchev–Trinajstić information content (AvgIpc) is 2.29. The van der Waals surface area contributed by atoms with Gasteiger partial charge < -0.3 is 16.7 Å². The van der Waals surface area contributed by atoms with Gasteiger partial charge in [-0.25, -0.2) is 0 Å². The predicted octanol–water partition coefficient (Wildman–Crippen LogP) is 1.76. The van der Waals surface area contributed by atoms with Gasteiger partial charge in [-0.1, -0.05) is 6.08 Å². The van der Waals surface area contributed by atoms with E-state index in [1.54, 1.807) is 0 Å². The molecule has 0 saturated carbocycles. The van der Waals surface area contributed by atoms with Crippen LogP contribution in [0.3, 0.4) is 0 Å². The maximum Gasteiger partial charge on any atom is 0.124 e. The third-order valence-corrected chi connectivity index (χ3v) is 2.12. The third-order valence-electron chi connectivity index (χ3n) is 1.66. The van der Waals surface area contributed by atoms with Crippen molar-refractivity contribution in [1.82, 2.24) is 0 Å². The van der Waals surface area contributed by atoms with E-state index in [-0.39, 0.29) is 0 Å². The summed E-state index contributed by atoms with van der Waals surface area (Å²) >= 11 is 5.28. The molecule has 0 amide bonds. The highest BCUT2D eigenvalue weighted by Crippen LogP contribution is 2.26. The third kappa shape index (κ3) is 0.696. The van der Waals surface area contributed by atoms with Gasteiger partial charge in [0.2, 0.25) is 0 Å². The first-order chi connectivity index (χ1) is 4.81. The van der Waals surface area contributed by atoms with Gasteiger partial charge in [-0.2, -0.15) is 0 Å². The minimum absolute atomic E-state index is 0.413. The van der Waals surface area contributed by atoms with Gasteiger partial charge in [-0.3, -0.25) is 0 Å². The van der Waals surface area contributed by atoms with Crippen LogP contribution in [-0.2, 0) is 12.8 Å². The zero-order valence-corrected chi connectivity index (χ0v) is 6.21. The van der Waals surface area contributed by atoms with Crippen LogP contribution in [0.4, 0.5) is 0 Å².